The summed E-state index contributed by atoms with van der Waals surface area (Å²) in [5.74, 6) is 1.46. The predicted molar refractivity (Wildman–Crippen MR) is 73.0 cm³/mol. The first-order valence-electron chi connectivity index (χ1n) is 6.53. The van der Waals surface area contributed by atoms with Crippen molar-refractivity contribution in [1.29, 1.82) is 0 Å². The SMILES string of the molecule is COc1ccccc1OCCOCC[NH+](C)CCO. The second-order valence-electron chi connectivity index (χ2n) is 4.29. The standard InChI is InChI=1S/C14H23NO4/c1-15(7-9-16)8-10-18-11-12-19-14-6-4-3-5-13(14)17-2/h3-6,16H,7-12H2,1-2H3/p+1. The van der Waals surface area contributed by atoms with Gasteiger partial charge in [-0.2, -0.15) is 0 Å². The summed E-state index contributed by atoms with van der Waals surface area (Å²) in [6.45, 7) is 3.56. The van der Waals surface area contributed by atoms with E-state index in [0.29, 0.717) is 19.8 Å². The molecule has 5 nitrogen and oxygen atoms in total. The maximum Gasteiger partial charge on any atom is 0.161 e. The number of para-hydroxylation sites is 2. The van der Waals surface area contributed by atoms with Crippen LogP contribution >= 0.6 is 0 Å². The second-order valence-corrected chi connectivity index (χ2v) is 4.29. The van der Waals surface area contributed by atoms with Gasteiger partial charge in [0.25, 0.3) is 0 Å². The van der Waals surface area contributed by atoms with E-state index in [4.69, 9.17) is 19.3 Å². The van der Waals surface area contributed by atoms with Crippen LogP contribution < -0.4 is 14.4 Å². The number of likely N-dealkylation sites (N-methyl/N-ethyl adjacent to an activating group) is 1. The minimum Gasteiger partial charge on any atom is -0.493 e. The summed E-state index contributed by atoms with van der Waals surface area (Å²) in [6, 6.07) is 7.55. The van der Waals surface area contributed by atoms with Crippen molar-refractivity contribution in [2.24, 2.45) is 0 Å². The Labute approximate surface area is 114 Å². The zero-order chi connectivity index (χ0) is 13.9. The molecule has 1 rings (SSSR count). The van der Waals surface area contributed by atoms with Gasteiger partial charge in [0.1, 0.15) is 19.7 Å². The van der Waals surface area contributed by atoms with Gasteiger partial charge in [-0.25, -0.2) is 0 Å². The molecule has 0 fully saturated rings. The maximum atomic E-state index is 8.76. The highest BCUT2D eigenvalue weighted by atomic mass is 16.5. The largest absolute Gasteiger partial charge is 0.493 e. The first-order chi connectivity index (χ1) is 9.27. The third-order valence-corrected chi connectivity index (χ3v) is 2.77. The van der Waals surface area contributed by atoms with E-state index in [2.05, 4.69) is 0 Å². The summed E-state index contributed by atoms with van der Waals surface area (Å²) in [7, 11) is 3.66. The van der Waals surface area contributed by atoms with Crippen LogP contribution in [-0.2, 0) is 4.74 Å². The third kappa shape index (κ3) is 6.42. The van der Waals surface area contributed by atoms with E-state index in [1.807, 2.05) is 31.3 Å². The molecule has 0 aliphatic heterocycles. The molecule has 1 aromatic rings. The van der Waals surface area contributed by atoms with Crippen LogP contribution in [0.15, 0.2) is 24.3 Å². The predicted octanol–water partition coefficient (Wildman–Crippen LogP) is -0.402. The van der Waals surface area contributed by atoms with Crippen molar-refractivity contribution in [1.82, 2.24) is 0 Å². The van der Waals surface area contributed by atoms with Gasteiger partial charge in [-0.15, -0.1) is 0 Å². The fourth-order valence-electron chi connectivity index (χ4n) is 1.61. The van der Waals surface area contributed by atoms with E-state index in [1.165, 1.54) is 4.90 Å². The molecule has 0 heterocycles. The van der Waals surface area contributed by atoms with E-state index >= 15 is 0 Å². The molecule has 5 heteroatoms. The molecule has 0 radical (unpaired) electrons. The van der Waals surface area contributed by atoms with Gasteiger partial charge >= 0.3 is 0 Å². The fourth-order valence-corrected chi connectivity index (χ4v) is 1.61. The number of hydrogen-bond acceptors (Lipinski definition) is 4. The highest BCUT2D eigenvalue weighted by Gasteiger charge is 2.03. The average molecular weight is 270 g/mol. The molecule has 1 atom stereocenters. The Morgan fingerprint density at radius 2 is 1.79 bits per heavy atom. The van der Waals surface area contributed by atoms with Gasteiger partial charge < -0.3 is 24.2 Å². The van der Waals surface area contributed by atoms with Gasteiger partial charge in [0, 0.05) is 0 Å². The van der Waals surface area contributed by atoms with Crippen LogP contribution in [0.3, 0.4) is 0 Å². The van der Waals surface area contributed by atoms with Crippen LogP contribution in [0, 0.1) is 0 Å². The van der Waals surface area contributed by atoms with Gasteiger partial charge in [-0.05, 0) is 12.1 Å². The summed E-state index contributed by atoms with van der Waals surface area (Å²) in [5, 5.41) is 8.76. The molecule has 0 amide bonds. The van der Waals surface area contributed by atoms with E-state index in [-0.39, 0.29) is 6.61 Å². The van der Waals surface area contributed by atoms with Crippen molar-refractivity contribution in [3.05, 3.63) is 24.3 Å². The summed E-state index contributed by atoms with van der Waals surface area (Å²) in [6.07, 6.45) is 0. The van der Waals surface area contributed by atoms with Crippen LogP contribution in [0.25, 0.3) is 0 Å². The van der Waals surface area contributed by atoms with Gasteiger partial charge in [-0.3, -0.25) is 0 Å². The summed E-state index contributed by atoms with van der Waals surface area (Å²) < 4.78 is 16.3. The molecule has 1 unspecified atom stereocenters. The van der Waals surface area contributed by atoms with Crippen LogP contribution in [0.2, 0.25) is 0 Å². The Morgan fingerprint density at radius 3 is 2.47 bits per heavy atom. The number of ether oxygens (including phenoxy) is 3. The van der Waals surface area contributed by atoms with Crippen molar-refractivity contribution < 1.29 is 24.2 Å². The highest BCUT2D eigenvalue weighted by molar-refractivity contribution is 5.39. The maximum absolute atomic E-state index is 8.76. The molecule has 19 heavy (non-hydrogen) atoms. The molecule has 0 aromatic heterocycles. The zero-order valence-corrected chi connectivity index (χ0v) is 11.7. The van der Waals surface area contributed by atoms with E-state index in [1.54, 1.807) is 7.11 Å². The van der Waals surface area contributed by atoms with Crippen molar-refractivity contribution in [2.45, 2.75) is 0 Å². The monoisotopic (exact) mass is 270 g/mol. The van der Waals surface area contributed by atoms with E-state index < -0.39 is 0 Å². The Balaban J connectivity index is 2.10. The molecule has 0 spiro atoms. The van der Waals surface area contributed by atoms with Gasteiger partial charge in [-0.1, -0.05) is 12.1 Å². The van der Waals surface area contributed by atoms with Crippen molar-refractivity contribution in [3.8, 4) is 11.5 Å². The lowest BCUT2D eigenvalue weighted by atomic mass is 10.3. The van der Waals surface area contributed by atoms with Crippen molar-refractivity contribution in [3.63, 3.8) is 0 Å². The van der Waals surface area contributed by atoms with Gasteiger partial charge in [0.05, 0.1) is 34.0 Å². The smallest absolute Gasteiger partial charge is 0.161 e. The number of quaternary nitrogens is 1. The highest BCUT2D eigenvalue weighted by Crippen LogP contribution is 2.25. The number of aliphatic hydroxyl groups excluding tert-OH is 1. The molecular formula is C14H24NO4+. The van der Waals surface area contributed by atoms with Gasteiger partial charge in [0.15, 0.2) is 11.5 Å². The Morgan fingerprint density at radius 1 is 1.05 bits per heavy atom. The normalized spacial score (nSPS) is 12.2. The van der Waals surface area contributed by atoms with Crippen LogP contribution in [0.5, 0.6) is 11.5 Å². The summed E-state index contributed by atoms with van der Waals surface area (Å²) in [5.41, 5.74) is 0. The lowest BCUT2D eigenvalue weighted by molar-refractivity contribution is -0.880. The molecule has 0 aliphatic rings. The number of rotatable bonds is 10. The molecule has 0 bridgehead atoms. The lowest BCUT2D eigenvalue weighted by Gasteiger charge is -2.13. The molecule has 108 valence electrons. The summed E-state index contributed by atoms with van der Waals surface area (Å²) in [4.78, 5) is 1.26. The van der Waals surface area contributed by atoms with Gasteiger partial charge in [0.2, 0.25) is 0 Å². The van der Waals surface area contributed by atoms with Crippen LogP contribution in [-0.4, -0.2) is 58.8 Å². The molecular weight excluding hydrogens is 246 g/mol. The Kier molecular flexibility index (Phi) is 7.97. The quantitative estimate of drug-likeness (QED) is 0.568. The Hall–Kier alpha value is -1.30. The molecule has 0 saturated heterocycles. The molecule has 1 aromatic carbocycles. The van der Waals surface area contributed by atoms with Crippen LogP contribution in [0.1, 0.15) is 0 Å². The minimum absolute atomic E-state index is 0.211. The first-order valence-corrected chi connectivity index (χ1v) is 6.53. The molecule has 0 saturated carbocycles. The van der Waals surface area contributed by atoms with Crippen molar-refractivity contribution in [2.75, 3.05) is 53.7 Å². The number of benzene rings is 1. The number of nitrogens with one attached hydrogen (secondary N) is 1. The van der Waals surface area contributed by atoms with Crippen molar-refractivity contribution >= 4 is 0 Å². The fraction of sp³-hybridized carbons (Fsp3) is 0.571. The summed E-state index contributed by atoms with van der Waals surface area (Å²) >= 11 is 0. The van der Waals surface area contributed by atoms with Crippen LogP contribution in [0.4, 0.5) is 0 Å². The lowest BCUT2D eigenvalue weighted by Crippen LogP contribution is -3.10. The number of aliphatic hydroxyl groups is 1. The van der Waals surface area contributed by atoms with E-state index in [9.17, 15) is 0 Å². The molecule has 0 aliphatic carbocycles. The van der Waals surface area contributed by atoms with E-state index in [0.717, 1.165) is 24.6 Å². The minimum atomic E-state index is 0.211. The first kappa shape index (κ1) is 15.8. The topological polar surface area (TPSA) is 52.4 Å². The zero-order valence-electron chi connectivity index (χ0n) is 11.7. The molecule has 2 N–H and O–H groups in total. The third-order valence-electron chi connectivity index (χ3n) is 2.77. The second kappa shape index (κ2) is 9.61. The number of hydrogen-bond donors (Lipinski definition) is 2. The number of methoxy groups -OCH3 is 1. The average Bonchev–Trinajstić information content (AvgIpc) is 2.43. The Bertz CT molecular complexity index is 346.